The maximum absolute atomic E-state index is 13.5. The topological polar surface area (TPSA) is 89.4 Å². The number of hydrogen-bond donors (Lipinski definition) is 0. The Bertz CT molecular complexity index is 1270. The highest BCUT2D eigenvalue weighted by Crippen LogP contribution is 2.57. The maximum Gasteiger partial charge on any atom is 0.259 e. The molecule has 1 saturated heterocycles. The van der Waals surface area contributed by atoms with Crippen LogP contribution in [0.1, 0.15) is 36.0 Å². The van der Waals surface area contributed by atoms with Crippen molar-refractivity contribution >= 4 is 17.7 Å². The lowest BCUT2D eigenvalue weighted by molar-refractivity contribution is 0.363. The van der Waals surface area contributed by atoms with Crippen molar-refractivity contribution in [2.24, 2.45) is 16.8 Å². The molecular weight excluding hydrogens is 406 g/mol. The molecule has 0 N–H and O–H groups in total. The SMILES string of the molecule is CC1C=Nc2ncn(Cc3nc([C@H]4[C@@H]5CN(c6ccc(F)c(F)c6)C[C@@H]54)no3)c(=O)c21. The smallest absolute Gasteiger partial charge is 0.259 e. The highest BCUT2D eigenvalue weighted by molar-refractivity contribution is 5.78. The zero-order valence-corrected chi connectivity index (χ0v) is 16.6. The van der Waals surface area contributed by atoms with Gasteiger partial charge in [-0.1, -0.05) is 12.1 Å². The van der Waals surface area contributed by atoms with Crippen LogP contribution in [0.25, 0.3) is 0 Å². The fourth-order valence-electron chi connectivity index (χ4n) is 4.78. The number of rotatable bonds is 4. The van der Waals surface area contributed by atoms with Gasteiger partial charge in [-0.05, 0) is 24.0 Å². The first-order valence-electron chi connectivity index (χ1n) is 10.2. The number of anilines is 1. The number of aliphatic imine (C=N–C) groups is 1. The van der Waals surface area contributed by atoms with Crippen LogP contribution in [-0.4, -0.2) is 39.0 Å². The van der Waals surface area contributed by atoms with E-state index in [-0.39, 0.29) is 23.9 Å². The summed E-state index contributed by atoms with van der Waals surface area (Å²) in [6, 6.07) is 3.98. The molecule has 6 rings (SSSR count). The highest BCUT2D eigenvalue weighted by Gasteiger charge is 2.58. The summed E-state index contributed by atoms with van der Waals surface area (Å²) in [5, 5.41) is 4.12. The van der Waals surface area contributed by atoms with Gasteiger partial charge in [-0.2, -0.15) is 4.98 Å². The van der Waals surface area contributed by atoms with Gasteiger partial charge < -0.3 is 9.42 Å². The molecule has 0 bridgehead atoms. The Kier molecular flexibility index (Phi) is 3.87. The number of piperidine rings is 1. The second-order valence-electron chi connectivity index (χ2n) is 8.38. The number of hydrogen-bond acceptors (Lipinski definition) is 7. The molecule has 1 unspecified atom stereocenters. The molecule has 1 aromatic carbocycles. The average molecular weight is 424 g/mol. The summed E-state index contributed by atoms with van der Waals surface area (Å²) in [5.74, 6) is 0.589. The van der Waals surface area contributed by atoms with E-state index in [0.717, 1.165) is 19.2 Å². The van der Waals surface area contributed by atoms with Crippen molar-refractivity contribution in [2.45, 2.75) is 25.3 Å². The summed E-state index contributed by atoms with van der Waals surface area (Å²) in [5.41, 5.74) is 1.11. The second-order valence-corrected chi connectivity index (χ2v) is 8.38. The van der Waals surface area contributed by atoms with Gasteiger partial charge in [-0.15, -0.1) is 0 Å². The van der Waals surface area contributed by atoms with Crippen molar-refractivity contribution in [1.82, 2.24) is 19.7 Å². The summed E-state index contributed by atoms with van der Waals surface area (Å²) in [6.45, 7) is 3.53. The van der Waals surface area contributed by atoms with E-state index in [1.807, 2.05) is 11.8 Å². The van der Waals surface area contributed by atoms with E-state index in [4.69, 9.17) is 4.52 Å². The molecule has 8 nitrogen and oxygen atoms in total. The molecule has 0 radical (unpaired) electrons. The van der Waals surface area contributed by atoms with Crippen LogP contribution < -0.4 is 10.5 Å². The number of nitrogens with zero attached hydrogens (tertiary/aromatic N) is 6. The molecule has 0 spiro atoms. The van der Waals surface area contributed by atoms with E-state index < -0.39 is 11.6 Å². The molecule has 4 heterocycles. The summed E-state index contributed by atoms with van der Waals surface area (Å²) in [6.07, 6.45) is 3.16. The molecule has 3 aromatic rings. The Balaban J connectivity index is 1.14. The molecule has 1 saturated carbocycles. The van der Waals surface area contributed by atoms with Gasteiger partial charge >= 0.3 is 0 Å². The zero-order valence-electron chi connectivity index (χ0n) is 16.6. The predicted octanol–water partition coefficient (Wildman–Crippen LogP) is 2.62. The van der Waals surface area contributed by atoms with Crippen LogP contribution in [0, 0.1) is 23.5 Å². The van der Waals surface area contributed by atoms with E-state index in [2.05, 4.69) is 20.1 Å². The summed E-state index contributed by atoms with van der Waals surface area (Å²) in [4.78, 5) is 27.6. The predicted molar refractivity (Wildman–Crippen MR) is 107 cm³/mol. The second kappa shape index (κ2) is 6.53. The standard InChI is InChI=1S/C21H18F2N6O2/c1-10-5-24-19-17(10)21(30)29(9-25-19)8-16-26-20(27-31-16)18-12-6-28(7-13(12)18)11-2-3-14(22)15(23)4-11/h2-5,9-10,12-13,18H,6-8H2,1H3/t10?,12-,13+,18+. The summed E-state index contributed by atoms with van der Waals surface area (Å²) >= 11 is 0. The van der Waals surface area contributed by atoms with Crippen molar-refractivity contribution in [3.05, 3.63) is 63.8 Å². The van der Waals surface area contributed by atoms with Crippen LogP contribution in [0.5, 0.6) is 0 Å². The monoisotopic (exact) mass is 424 g/mol. The molecule has 10 heteroatoms. The molecule has 158 valence electrons. The first-order valence-corrected chi connectivity index (χ1v) is 10.2. The zero-order chi connectivity index (χ0) is 21.3. The van der Waals surface area contributed by atoms with Gasteiger partial charge in [0.25, 0.3) is 5.56 Å². The Morgan fingerprint density at radius 3 is 2.77 bits per heavy atom. The summed E-state index contributed by atoms with van der Waals surface area (Å²) < 4.78 is 33.5. The van der Waals surface area contributed by atoms with Gasteiger partial charge in [-0.25, -0.2) is 18.8 Å². The van der Waals surface area contributed by atoms with Crippen LogP contribution in [0.2, 0.25) is 0 Å². The van der Waals surface area contributed by atoms with E-state index in [1.165, 1.54) is 17.0 Å². The molecule has 2 aliphatic heterocycles. The quantitative estimate of drug-likeness (QED) is 0.640. The summed E-state index contributed by atoms with van der Waals surface area (Å²) in [7, 11) is 0. The molecular formula is C21H18F2N6O2. The van der Waals surface area contributed by atoms with Crippen LogP contribution in [0.3, 0.4) is 0 Å². The Labute approximate surface area is 175 Å². The van der Waals surface area contributed by atoms with Crippen LogP contribution in [0.4, 0.5) is 20.3 Å². The third-order valence-electron chi connectivity index (χ3n) is 6.48. The molecule has 3 aliphatic rings. The molecule has 1 aliphatic carbocycles. The van der Waals surface area contributed by atoms with E-state index in [0.29, 0.717) is 40.6 Å². The minimum atomic E-state index is -0.843. The van der Waals surface area contributed by atoms with Gasteiger partial charge in [0.05, 0.1) is 5.56 Å². The molecule has 2 aromatic heterocycles. The van der Waals surface area contributed by atoms with Gasteiger partial charge in [0.2, 0.25) is 5.89 Å². The average Bonchev–Trinajstić information content (AvgIpc) is 3.18. The van der Waals surface area contributed by atoms with Crippen molar-refractivity contribution in [3.63, 3.8) is 0 Å². The minimum absolute atomic E-state index is 0.0657. The number of halogens is 2. The molecule has 2 fully saturated rings. The van der Waals surface area contributed by atoms with Crippen LogP contribution >= 0.6 is 0 Å². The third kappa shape index (κ3) is 2.88. The largest absolute Gasteiger partial charge is 0.371 e. The first-order chi connectivity index (χ1) is 15.0. The minimum Gasteiger partial charge on any atom is -0.371 e. The van der Waals surface area contributed by atoms with Crippen molar-refractivity contribution < 1.29 is 13.3 Å². The lowest BCUT2D eigenvalue weighted by Crippen LogP contribution is -2.25. The van der Waals surface area contributed by atoms with Gasteiger partial charge in [-0.3, -0.25) is 9.36 Å². The number of fused-ring (bicyclic) bond motifs is 2. The maximum atomic E-state index is 13.5. The lowest BCUT2D eigenvalue weighted by Gasteiger charge is -2.21. The third-order valence-corrected chi connectivity index (χ3v) is 6.48. The highest BCUT2D eigenvalue weighted by atomic mass is 19.2. The molecule has 0 amide bonds. The van der Waals surface area contributed by atoms with E-state index >= 15 is 0 Å². The number of aromatic nitrogens is 4. The van der Waals surface area contributed by atoms with E-state index in [9.17, 15) is 13.6 Å². The first kappa shape index (κ1) is 18.3. The van der Waals surface area contributed by atoms with Crippen molar-refractivity contribution in [3.8, 4) is 0 Å². The van der Waals surface area contributed by atoms with Gasteiger partial charge in [0, 0.05) is 42.9 Å². The fraction of sp³-hybridized carbons (Fsp3) is 0.381. The van der Waals surface area contributed by atoms with E-state index in [1.54, 1.807) is 12.3 Å². The molecule has 31 heavy (non-hydrogen) atoms. The Morgan fingerprint density at radius 2 is 2.00 bits per heavy atom. The van der Waals surface area contributed by atoms with Gasteiger partial charge in [0.15, 0.2) is 23.3 Å². The fourth-order valence-corrected chi connectivity index (χ4v) is 4.78. The van der Waals surface area contributed by atoms with Crippen molar-refractivity contribution in [2.75, 3.05) is 18.0 Å². The normalized spacial score (nSPS) is 25.7. The van der Waals surface area contributed by atoms with Crippen LogP contribution in [0.15, 0.2) is 38.8 Å². The lowest BCUT2D eigenvalue weighted by atomic mass is 10.1. The van der Waals surface area contributed by atoms with Crippen molar-refractivity contribution in [1.29, 1.82) is 0 Å². The Hall–Kier alpha value is -3.43. The van der Waals surface area contributed by atoms with Crippen LogP contribution in [-0.2, 0) is 6.54 Å². The Morgan fingerprint density at radius 1 is 1.19 bits per heavy atom. The number of benzene rings is 1. The molecule has 4 atom stereocenters. The van der Waals surface area contributed by atoms with Gasteiger partial charge in [0.1, 0.15) is 12.9 Å².